The van der Waals surface area contributed by atoms with Gasteiger partial charge in [-0.2, -0.15) is 13.2 Å². The number of aliphatic hydroxyl groups excluding tert-OH is 1. The summed E-state index contributed by atoms with van der Waals surface area (Å²) in [6, 6.07) is 15.5. The summed E-state index contributed by atoms with van der Waals surface area (Å²) in [5.74, 6) is 0.335. The smallest absolute Gasteiger partial charge is 0.419 e. The fraction of sp³-hybridized carbons (Fsp3) is 0.414. The van der Waals surface area contributed by atoms with E-state index in [4.69, 9.17) is 21.3 Å². The maximum Gasteiger partial charge on any atom is 0.419 e. The maximum atomic E-state index is 13.2. The number of hydrogen-bond donors (Lipinski definition) is 1. The number of likely N-dealkylation sites (tertiary alicyclic amines) is 1. The average molecular weight is 531 g/mol. The number of aromatic nitrogens is 1. The number of piperidine rings is 1. The SMILES string of the molecule is OC(COc1ccccc1C(F)(F)F)CN1CCC(C2c3ccc(Cl)cc3CCc3cccnc32)CC1. The number of rotatable bonds is 6. The van der Waals surface area contributed by atoms with Crippen molar-refractivity contribution in [1.29, 1.82) is 0 Å². The van der Waals surface area contributed by atoms with Crippen LogP contribution in [0.3, 0.4) is 0 Å². The largest absolute Gasteiger partial charge is 0.490 e. The Morgan fingerprint density at radius 2 is 1.78 bits per heavy atom. The van der Waals surface area contributed by atoms with Crippen molar-refractivity contribution < 1.29 is 23.0 Å². The molecule has 0 radical (unpaired) electrons. The van der Waals surface area contributed by atoms with Gasteiger partial charge in [-0.25, -0.2) is 0 Å². The Kier molecular flexibility index (Phi) is 7.75. The third-order valence-corrected chi connectivity index (χ3v) is 7.76. The molecule has 37 heavy (non-hydrogen) atoms. The molecule has 1 aliphatic heterocycles. The molecule has 8 heteroatoms. The number of alkyl halides is 3. The lowest BCUT2D eigenvalue weighted by atomic mass is 9.76. The summed E-state index contributed by atoms with van der Waals surface area (Å²) in [5.41, 5.74) is 4.19. The highest BCUT2D eigenvalue weighted by molar-refractivity contribution is 6.30. The van der Waals surface area contributed by atoms with Crippen molar-refractivity contribution in [1.82, 2.24) is 9.88 Å². The molecule has 3 aromatic rings. The summed E-state index contributed by atoms with van der Waals surface area (Å²) in [6.07, 6.45) is 0.235. The van der Waals surface area contributed by atoms with Gasteiger partial charge in [0.1, 0.15) is 18.5 Å². The fourth-order valence-corrected chi connectivity index (χ4v) is 5.96. The van der Waals surface area contributed by atoms with Gasteiger partial charge in [-0.15, -0.1) is 0 Å². The van der Waals surface area contributed by atoms with Gasteiger partial charge in [-0.05, 0) is 91.7 Å². The normalized spacial score (nSPS) is 19.5. The van der Waals surface area contributed by atoms with Crippen LogP contribution in [0.5, 0.6) is 5.75 Å². The molecule has 0 bridgehead atoms. The van der Waals surface area contributed by atoms with E-state index in [2.05, 4.69) is 23.1 Å². The van der Waals surface area contributed by atoms with Crippen LogP contribution in [-0.2, 0) is 19.0 Å². The molecule has 0 saturated carbocycles. The first-order valence-electron chi connectivity index (χ1n) is 12.7. The number of ether oxygens (including phenoxy) is 1. The zero-order valence-electron chi connectivity index (χ0n) is 20.4. The summed E-state index contributed by atoms with van der Waals surface area (Å²) < 4.78 is 45.0. The van der Waals surface area contributed by atoms with E-state index in [1.54, 1.807) is 0 Å². The number of nitrogens with zero attached hydrogens (tertiary/aromatic N) is 2. The van der Waals surface area contributed by atoms with Crippen LogP contribution in [0.4, 0.5) is 13.2 Å². The van der Waals surface area contributed by atoms with Crippen LogP contribution in [0, 0.1) is 5.92 Å². The highest BCUT2D eigenvalue weighted by atomic mass is 35.5. The molecule has 196 valence electrons. The topological polar surface area (TPSA) is 45.6 Å². The zero-order valence-corrected chi connectivity index (χ0v) is 21.2. The van der Waals surface area contributed by atoms with Gasteiger partial charge in [0.25, 0.3) is 0 Å². The van der Waals surface area contributed by atoms with Crippen LogP contribution < -0.4 is 4.74 Å². The Hall–Kier alpha value is -2.61. The van der Waals surface area contributed by atoms with E-state index in [1.165, 1.54) is 34.9 Å². The third kappa shape index (κ3) is 5.95. The van der Waals surface area contributed by atoms with Gasteiger partial charge in [-0.1, -0.05) is 35.9 Å². The Labute approximate surface area is 220 Å². The van der Waals surface area contributed by atoms with Crippen molar-refractivity contribution in [2.24, 2.45) is 5.92 Å². The molecule has 5 rings (SSSR count). The molecule has 1 saturated heterocycles. The van der Waals surface area contributed by atoms with Crippen LogP contribution in [0.1, 0.15) is 46.7 Å². The van der Waals surface area contributed by atoms with Crippen LogP contribution in [-0.4, -0.2) is 47.3 Å². The second-order valence-electron chi connectivity index (χ2n) is 9.97. The van der Waals surface area contributed by atoms with Crippen LogP contribution in [0.2, 0.25) is 5.02 Å². The molecule has 4 nitrogen and oxygen atoms in total. The molecular weight excluding hydrogens is 501 g/mol. The molecule has 2 unspecified atom stereocenters. The second kappa shape index (κ2) is 11.0. The van der Waals surface area contributed by atoms with Crippen molar-refractivity contribution in [3.05, 3.63) is 93.8 Å². The number of pyridine rings is 1. The maximum absolute atomic E-state index is 13.2. The van der Waals surface area contributed by atoms with E-state index in [0.29, 0.717) is 12.5 Å². The lowest BCUT2D eigenvalue weighted by molar-refractivity contribution is -0.139. The van der Waals surface area contributed by atoms with E-state index in [0.717, 1.165) is 55.6 Å². The van der Waals surface area contributed by atoms with Crippen LogP contribution in [0.25, 0.3) is 0 Å². The predicted octanol–water partition coefficient (Wildman–Crippen LogP) is 6.14. The summed E-state index contributed by atoms with van der Waals surface area (Å²) in [5, 5.41) is 11.3. The molecule has 2 aromatic carbocycles. The first-order valence-corrected chi connectivity index (χ1v) is 13.1. The zero-order chi connectivity index (χ0) is 26.0. The minimum atomic E-state index is -4.50. The standard InChI is InChI=1S/C29H30ClF3N2O2/c30-22-9-10-24-21(16-22)8-7-20-4-3-13-34-28(20)27(24)19-11-14-35(15-12-19)17-23(36)18-37-26-6-2-1-5-25(26)29(31,32)33/h1-6,9-10,13,16,19,23,27,36H,7-8,11-12,14-15,17-18H2. The van der Waals surface area contributed by atoms with Gasteiger partial charge in [0, 0.05) is 23.7 Å². The van der Waals surface area contributed by atoms with E-state index < -0.39 is 17.8 Å². The van der Waals surface area contributed by atoms with E-state index in [9.17, 15) is 18.3 Å². The summed E-state index contributed by atoms with van der Waals surface area (Å²) in [4.78, 5) is 6.98. The fourth-order valence-electron chi connectivity index (χ4n) is 5.76. The number of para-hydroxylation sites is 1. The van der Waals surface area contributed by atoms with Crippen molar-refractivity contribution in [2.45, 2.75) is 43.9 Å². The molecule has 1 N–H and O–H groups in total. The van der Waals surface area contributed by atoms with Gasteiger partial charge >= 0.3 is 6.18 Å². The van der Waals surface area contributed by atoms with Gasteiger partial charge in [0.05, 0.1) is 11.3 Å². The third-order valence-electron chi connectivity index (χ3n) is 7.52. The number of halogens is 4. The first-order chi connectivity index (χ1) is 17.8. The van der Waals surface area contributed by atoms with Crippen molar-refractivity contribution in [3.8, 4) is 5.75 Å². The van der Waals surface area contributed by atoms with Crippen LogP contribution in [0.15, 0.2) is 60.8 Å². The average Bonchev–Trinajstić information content (AvgIpc) is 3.04. The number of hydrogen-bond acceptors (Lipinski definition) is 4. The second-order valence-corrected chi connectivity index (χ2v) is 10.4. The van der Waals surface area contributed by atoms with Crippen molar-refractivity contribution in [2.75, 3.05) is 26.2 Å². The van der Waals surface area contributed by atoms with Gasteiger partial charge < -0.3 is 14.7 Å². The van der Waals surface area contributed by atoms with Gasteiger partial charge in [-0.3, -0.25) is 4.98 Å². The Morgan fingerprint density at radius 3 is 2.57 bits per heavy atom. The summed E-state index contributed by atoms with van der Waals surface area (Å²) in [6.45, 7) is 1.75. The highest BCUT2D eigenvalue weighted by Gasteiger charge is 2.35. The lowest BCUT2D eigenvalue weighted by Crippen LogP contribution is -2.42. The quantitative estimate of drug-likeness (QED) is 0.416. The number of fused-ring (bicyclic) bond motifs is 2. The molecule has 0 amide bonds. The molecule has 2 aliphatic rings. The van der Waals surface area contributed by atoms with Crippen molar-refractivity contribution in [3.63, 3.8) is 0 Å². The molecule has 2 heterocycles. The monoisotopic (exact) mass is 530 g/mol. The molecule has 2 atom stereocenters. The van der Waals surface area contributed by atoms with Crippen LogP contribution >= 0.6 is 11.6 Å². The Balaban J connectivity index is 1.23. The molecule has 1 aromatic heterocycles. The van der Waals surface area contributed by atoms with E-state index >= 15 is 0 Å². The summed E-state index contributed by atoms with van der Waals surface area (Å²) in [7, 11) is 0. The first kappa shape index (κ1) is 26.0. The summed E-state index contributed by atoms with van der Waals surface area (Å²) >= 11 is 6.33. The number of β-amino-alcohol motifs (C(OH)–C–C–N with tert-alkyl or cyclic N) is 1. The predicted molar refractivity (Wildman–Crippen MR) is 137 cm³/mol. The van der Waals surface area contributed by atoms with Gasteiger partial charge in [0.15, 0.2) is 0 Å². The molecular formula is C29H30ClF3N2O2. The highest BCUT2D eigenvalue weighted by Crippen LogP contribution is 2.43. The molecule has 0 spiro atoms. The Morgan fingerprint density at radius 1 is 1.03 bits per heavy atom. The van der Waals surface area contributed by atoms with Crippen molar-refractivity contribution >= 4 is 11.6 Å². The molecule has 1 fully saturated rings. The van der Waals surface area contributed by atoms with Gasteiger partial charge in [0.2, 0.25) is 0 Å². The number of aliphatic hydroxyl groups is 1. The number of aryl methyl sites for hydroxylation is 2. The Bertz CT molecular complexity index is 1230. The number of benzene rings is 2. The lowest BCUT2D eigenvalue weighted by Gasteiger charge is -2.37. The molecule has 1 aliphatic carbocycles. The minimum Gasteiger partial charge on any atom is -0.490 e. The van der Waals surface area contributed by atoms with E-state index in [1.807, 2.05) is 18.3 Å². The minimum absolute atomic E-state index is 0.193. The van der Waals surface area contributed by atoms with E-state index in [-0.39, 0.29) is 18.3 Å².